The predicted octanol–water partition coefficient (Wildman–Crippen LogP) is -3.17. The molecule has 1 amide bonds. The van der Waals surface area contributed by atoms with Gasteiger partial charge >= 0.3 is 0 Å². The molecule has 0 spiro atoms. The lowest BCUT2D eigenvalue weighted by Gasteiger charge is -2.26. The monoisotopic (exact) mass is 301 g/mol. The maximum absolute atomic E-state index is 11.1. The molecule has 0 aromatic rings. The van der Waals surface area contributed by atoms with Crippen LogP contribution >= 0.6 is 0 Å². The van der Waals surface area contributed by atoms with Crippen LogP contribution in [0.5, 0.6) is 0 Å². The van der Waals surface area contributed by atoms with Crippen LogP contribution in [0.25, 0.3) is 0 Å². The average molecular weight is 301 g/mol. The molecule has 0 aliphatic heterocycles. The summed E-state index contributed by atoms with van der Waals surface area (Å²) in [6.07, 6.45) is -5.57. The Hall–Kier alpha value is -0.780. The van der Waals surface area contributed by atoms with Gasteiger partial charge in [-0.25, -0.2) is 0 Å². The molecule has 114 valence electrons. The zero-order valence-electron chi connectivity index (χ0n) is 10.1. The second-order valence-electron chi connectivity index (χ2n) is 4.17. The normalized spacial score (nSPS) is 18.6. The van der Waals surface area contributed by atoms with Crippen LogP contribution in [-0.2, 0) is 14.9 Å². The number of aliphatic hydroxyl groups is 4. The molecule has 0 bridgehead atoms. The fraction of sp³-hybridized carbons (Fsp3) is 0.889. The Morgan fingerprint density at radius 2 is 1.68 bits per heavy atom. The zero-order valence-corrected chi connectivity index (χ0v) is 10.9. The lowest BCUT2D eigenvalue weighted by atomic mass is 9.90. The van der Waals surface area contributed by atoms with Crippen molar-refractivity contribution in [2.75, 3.05) is 12.4 Å². The van der Waals surface area contributed by atoms with E-state index in [1.807, 2.05) is 0 Å². The van der Waals surface area contributed by atoms with Gasteiger partial charge in [0, 0.05) is 0 Å². The van der Waals surface area contributed by atoms with Crippen LogP contribution in [0, 0.1) is 5.92 Å². The molecule has 0 aromatic heterocycles. The van der Waals surface area contributed by atoms with Gasteiger partial charge in [0.1, 0.15) is 12.2 Å². The number of primary amides is 1. The minimum atomic E-state index is -4.20. The van der Waals surface area contributed by atoms with Crippen molar-refractivity contribution in [1.29, 1.82) is 0 Å². The van der Waals surface area contributed by atoms with Gasteiger partial charge in [-0.05, 0) is 12.8 Å². The molecule has 4 atom stereocenters. The van der Waals surface area contributed by atoms with Crippen molar-refractivity contribution >= 4 is 16.0 Å². The van der Waals surface area contributed by atoms with E-state index in [-0.39, 0.29) is 12.8 Å². The molecule has 0 heterocycles. The first-order valence-electron chi connectivity index (χ1n) is 5.49. The minimum absolute atomic E-state index is 0.161. The third-order valence-electron chi connectivity index (χ3n) is 2.63. The van der Waals surface area contributed by atoms with E-state index in [4.69, 9.17) is 20.5 Å². The number of carbonyl (C=O) groups excluding carboxylic acids is 1. The summed E-state index contributed by atoms with van der Waals surface area (Å²) in [4.78, 5) is 11.1. The van der Waals surface area contributed by atoms with E-state index >= 15 is 0 Å². The maximum atomic E-state index is 11.1. The quantitative estimate of drug-likeness (QED) is 0.241. The van der Waals surface area contributed by atoms with E-state index in [0.717, 1.165) is 0 Å². The number of hydrogen-bond acceptors (Lipinski definition) is 7. The standard InChI is InChI=1S/C9H19NO8S/c10-9(15)5(2-1-3-19(16,17)18)7(13)8(14)6(12)4-11/h5-8,11-14H,1-4H2,(H2,10,15)(H,16,17,18)/t5-,6-,7-,8-/m1/s1. The molecule has 7 N–H and O–H groups in total. The highest BCUT2D eigenvalue weighted by molar-refractivity contribution is 7.85. The fourth-order valence-corrected chi connectivity index (χ4v) is 2.07. The van der Waals surface area contributed by atoms with E-state index < -0.39 is 52.6 Å². The number of hydrogen-bond donors (Lipinski definition) is 6. The molecule has 0 fully saturated rings. The van der Waals surface area contributed by atoms with Gasteiger partial charge in [-0.15, -0.1) is 0 Å². The van der Waals surface area contributed by atoms with Crippen LogP contribution in [0.15, 0.2) is 0 Å². The molecule has 0 aliphatic rings. The Bertz CT molecular complexity index is 384. The van der Waals surface area contributed by atoms with Crippen LogP contribution in [-0.4, -0.2) is 70.0 Å². The Morgan fingerprint density at radius 3 is 2.05 bits per heavy atom. The van der Waals surface area contributed by atoms with Crippen LogP contribution in [0.4, 0.5) is 0 Å². The lowest BCUT2D eigenvalue weighted by molar-refractivity contribution is -0.135. The van der Waals surface area contributed by atoms with Crippen molar-refractivity contribution in [3.63, 3.8) is 0 Å². The molecule has 10 heteroatoms. The van der Waals surface area contributed by atoms with E-state index in [2.05, 4.69) is 0 Å². The highest BCUT2D eigenvalue weighted by Crippen LogP contribution is 2.17. The summed E-state index contributed by atoms with van der Waals surface area (Å²) in [6, 6.07) is 0. The SMILES string of the molecule is NC(=O)[C@H](CCCS(=O)(=O)O)[C@@H](O)[C@H](O)[C@H](O)CO. The number of rotatable bonds is 9. The van der Waals surface area contributed by atoms with Crippen LogP contribution in [0.2, 0.25) is 0 Å². The third-order valence-corrected chi connectivity index (χ3v) is 3.43. The summed E-state index contributed by atoms with van der Waals surface area (Å²) in [7, 11) is -4.20. The minimum Gasteiger partial charge on any atom is -0.394 e. The average Bonchev–Trinajstić information content (AvgIpc) is 2.30. The van der Waals surface area contributed by atoms with Crippen molar-refractivity contribution in [3.05, 3.63) is 0 Å². The largest absolute Gasteiger partial charge is 0.394 e. The predicted molar refractivity (Wildman–Crippen MR) is 63.4 cm³/mol. The van der Waals surface area contributed by atoms with E-state index in [0.29, 0.717) is 0 Å². The molecule has 0 unspecified atom stereocenters. The van der Waals surface area contributed by atoms with Gasteiger partial charge in [0.25, 0.3) is 10.1 Å². The summed E-state index contributed by atoms with van der Waals surface area (Å²) in [5, 5.41) is 36.8. The summed E-state index contributed by atoms with van der Waals surface area (Å²) < 4.78 is 29.5. The Kier molecular flexibility index (Phi) is 7.41. The summed E-state index contributed by atoms with van der Waals surface area (Å²) in [5.74, 6) is -2.92. The number of aliphatic hydroxyl groups excluding tert-OH is 4. The first kappa shape index (κ1) is 18.2. The van der Waals surface area contributed by atoms with Gasteiger partial charge in [0.2, 0.25) is 5.91 Å². The summed E-state index contributed by atoms with van der Waals surface area (Å²) >= 11 is 0. The topological polar surface area (TPSA) is 178 Å². The second kappa shape index (κ2) is 7.72. The molecule has 19 heavy (non-hydrogen) atoms. The first-order valence-corrected chi connectivity index (χ1v) is 7.10. The number of amides is 1. The Labute approximate surface area is 110 Å². The van der Waals surface area contributed by atoms with E-state index in [1.54, 1.807) is 0 Å². The maximum Gasteiger partial charge on any atom is 0.264 e. The van der Waals surface area contributed by atoms with Crippen molar-refractivity contribution in [2.45, 2.75) is 31.2 Å². The molecule has 0 saturated heterocycles. The molecule has 0 saturated carbocycles. The smallest absolute Gasteiger partial charge is 0.264 e. The van der Waals surface area contributed by atoms with Crippen molar-refractivity contribution < 1.29 is 38.2 Å². The molecular formula is C9H19NO8S. The van der Waals surface area contributed by atoms with Gasteiger partial charge in [0.15, 0.2) is 0 Å². The number of carbonyl (C=O) groups is 1. The molecular weight excluding hydrogens is 282 g/mol. The summed E-state index contributed by atoms with van der Waals surface area (Å²) in [6.45, 7) is -0.825. The van der Waals surface area contributed by atoms with Crippen LogP contribution < -0.4 is 5.73 Å². The Balaban J connectivity index is 4.60. The van der Waals surface area contributed by atoms with Crippen molar-refractivity contribution in [2.24, 2.45) is 11.7 Å². The highest BCUT2D eigenvalue weighted by Gasteiger charge is 2.34. The van der Waals surface area contributed by atoms with Gasteiger partial charge in [-0.1, -0.05) is 0 Å². The molecule has 0 radical (unpaired) electrons. The highest BCUT2D eigenvalue weighted by atomic mass is 32.2. The van der Waals surface area contributed by atoms with Gasteiger partial charge in [-0.3, -0.25) is 9.35 Å². The van der Waals surface area contributed by atoms with Gasteiger partial charge in [-0.2, -0.15) is 8.42 Å². The van der Waals surface area contributed by atoms with Gasteiger partial charge < -0.3 is 26.2 Å². The van der Waals surface area contributed by atoms with Gasteiger partial charge in [0.05, 0.1) is 24.4 Å². The zero-order chi connectivity index (χ0) is 15.2. The fourth-order valence-electron chi connectivity index (χ4n) is 1.54. The van der Waals surface area contributed by atoms with Crippen LogP contribution in [0.3, 0.4) is 0 Å². The first-order chi connectivity index (χ1) is 8.60. The van der Waals surface area contributed by atoms with Crippen molar-refractivity contribution in [1.82, 2.24) is 0 Å². The molecule has 0 aromatic carbocycles. The van der Waals surface area contributed by atoms with Crippen molar-refractivity contribution in [3.8, 4) is 0 Å². The Morgan fingerprint density at radius 1 is 1.16 bits per heavy atom. The summed E-state index contributed by atoms with van der Waals surface area (Å²) in [5.41, 5.74) is 5.00. The molecule has 9 nitrogen and oxygen atoms in total. The van der Waals surface area contributed by atoms with E-state index in [9.17, 15) is 23.4 Å². The van der Waals surface area contributed by atoms with Crippen LogP contribution in [0.1, 0.15) is 12.8 Å². The molecule has 0 aliphatic carbocycles. The second-order valence-corrected chi connectivity index (χ2v) is 5.74. The third kappa shape index (κ3) is 6.80. The number of nitrogens with two attached hydrogens (primary N) is 1. The lowest BCUT2D eigenvalue weighted by Crippen LogP contribution is -2.47. The van der Waals surface area contributed by atoms with E-state index in [1.165, 1.54) is 0 Å². The molecule has 0 rings (SSSR count).